The number of epoxide rings is 1. The highest BCUT2D eigenvalue weighted by Gasteiger charge is 2.33. The van der Waals surface area contributed by atoms with Crippen LogP contribution in [0.2, 0.25) is 0 Å². The number of hydrogen-bond acceptors (Lipinski definition) is 3. The summed E-state index contributed by atoms with van der Waals surface area (Å²) in [5.41, 5.74) is 0. The van der Waals surface area contributed by atoms with Crippen LogP contribution in [0.15, 0.2) is 0 Å². The van der Waals surface area contributed by atoms with Crippen LogP contribution in [0.5, 0.6) is 0 Å². The van der Waals surface area contributed by atoms with Crippen molar-refractivity contribution in [3.8, 4) is 0 Å². The van der Waals surface area contributed by atoms with E-state index in [1.54, 1.807) is 0 Å². The summed E-state index contributed by atoms with van der Waals surface area (Å²) >= 11 is 0. The van der Waals surface area contributed by atoms with Crippen molar-refractivity contribution in [3.05, 3.63) is 0 Å². The van der Waals surface area contributed by atoms with Gasteiger partial charge in [-0.15, -0.1) is 0 Å². The van der Waals surface area contributed by atoms with Crippen LogP contribution >= 0.6 is 0 Å². The van der Waals surface area contributed by atoms with Crippen molar-refractivity contribution in [2.45, 2.75) is 46.1 Å². The maximum absolute atomic E-state index is 5.29. The molecule has 0 radical (unpaired) electrons. The molecule has 3 atom stereocenters. The molecule has 0 bridgehead atoms. The first kappa shape index (κ1) is 12.0. The summed E-state index contributed by atoms with van der Waals surface area (Å²) in [6, 6.07) is 0.633. The van der Waals surface area contributed by atoms with E-state index in [4.69, 9.17) is 4.74 Å². The van der Waals surface area contributed by atoms with Gasteiger partial charge in [-0.25, -0.2) is 0 Å². The number of nitrogens with zero attached hydrogens (tertiary/aromatic N) is 1. The third-order valence-electron chi connectivity index (χ3n) is 2.86. The maximum atomic E-state index is 5.29. The summed E-state index contributed by atoms with van der Waals surface area (Å²) < 4.78 is 5.29. The van der Waals surface area contributed by atoms with E-state index in [2.05, 4.69) is 45.0 Å². The molecule has 1 rings (SSSR count). The predicted octanol–water partition coefficient (Wildman–Crippen LogP) is 1.30. The van der Waals surface area contributed by atoms with Crippen LogP contribution in [0.25, 0.3) is 0 Å². The van der Waals surface area contributed by atoms with Crippen molar-refractivity contribution in [1.29, 1.82) is 0 Å². The lowest BCUT2D eigenvalue weighted by atomic mass is 10.1. The second-order valence-electron chi connectivity index (χ2n) is 4.81. The minimum atomic E-state index is 0.321. The molecule has 0 aromatic heterocycles. The van der Waals surface area contributed by atoms with Gasteiger partial charge in [0.2, 0.25) is 0 Å². The molecule has 3 heteroatoms. The zero-order valence-corrected chi connectivity index (χ0v) is 10.1. The van der Waals surface area contributed by atoms with E-state index in [-0.39, 0.29) is 0 Å². The maximum Gasteiger partial charge on any atom is 0.134 e. The average Bonchev–Trinajstić information content (AvgIpc) is 2.78. The van der Waals surface area contributed by atoms with E-state index in [1.165, 1.54) is 0 Å². The lowest BCUT2D eigenvalue weighted by Gasteiger charge is -2.24. The minimum absolute atomic E-state index is 0.321. The van der Waals surface area contributed by atoms with Gasteiger partial charge in [0.25, 0.3) is 0 Å². The van der Waals surface area contributed by atoms with Crippen molar-refractivity contribution in [2.24, 2.45) is 5.92 Å². The van der Waals surface area contributed by atoms with E-state index in [9.17, 15) is 0 Å². The highest BCUT2D eigenvalue weighted by Crippen LogP contribution is 2.17. The summed E-state index contributed by atoms with van der Waals surface area (Å²) in [4.78, 5) is 2.38. The molecule has 1 saturated heterocycles. The van der Waals surface area contributed by atoms with Crippen LogP contribution in [0.3, 0.4) is 0 Å². The Morgan fingerprint density at radius 2 is 1.93 bits per heavy atom. The normalized spacial score (nSPS) is 28.5. The van der Waals surface area contributed by atoms with E-state index >= 15 is 0 Å². The first-order valence-electron chi connectivity index (χ1n) is 5.59. The minimum Gasteiger partial charge on any atom is -0.354 e. The molecule has 0 amide bonds. The Balaban J connectivity index is 2.06. The molecule has 14 heavy (non-hydrogen) atoms. The Bertz CT molecular complexity index is 173. The van der Waals surface area contributed by atoms with Crippen LogP contribution in [-0.4, -0.2) is 43.4 Å². The number of ether oxygens (including phenoxy) is 1. The first-order valence-corrected chi connectivity index (χ1v) is 5.59. The van der Waals surface area contributed by atoms with Gasteiger partial charge >= 0.3 is 0 Å². The third kappa shape index (κ3) is 3.95. The summed E-state index contributed by atoms with van der Waals surface area (Å²) in [6.07, 6.45) is 0.742. The number of rotatable bonds is 6. The van der Waals surface area contributed by atoms with Gasteiger partial charge in [0, 0.05) is 19.1 Å². The van der Waals surface area contributed by atoms with Crippen molar-refractivity contribution in [1.82, 2.24) is 10.2 Å². The molecule has 0 aliphatic carbocycles. The van der Waals surface area contributed by atoms with Crippen molar-refractivity contribution < 1.29 is 4.74 Å². The van der Waals surface area contributed by atoms with Crippen molar-refractivity contribution in [3.63, 3.8) is 0 Å². The highest BCUT2D eigenvalue weighted by atomic mass is 16.6. The molecule has 0 aromatic rings. The van der Waals surface area contributed by atoms with Gasteiger partial charge in [0.15, 0.2) is 0 Å². The lowest BCUT2D eigenvalue weighted by Crippen LogP contribution is -2.35. The van der Waals surface area contributed by atoms with Crippen LogP contribution in [0.1, 0.15) is 27.7 Å². The average molecular weight is 200 g/mol. The quantitative estimate of drug-likeness (QED) is 0.655. The van der Waals surface area contributed by atoms with E-state index in [0.29, 0.717) is 24.3 Å². The smallest absolute Gasteiger partial charge is 0.134 e. The Morgan fingerprint density at radius 1 is 1.36 bits per heavy atom. The molecular formula is C11H24N2O. The number of nitrogens with one attached hydrogen (secondary N) is 1. The zero-order valence-electron chi connectivity index (χ0n) is 10.1. The molecule has 0 saturated carbocycles. The van der Waals surface area contributed by atoms with Gasteiger partial charge in [0.1, 0.15) is 6.23 Å². The highest BCUT2D eigenvalue weighted by molar-refractivity contribution is 4.78. The monoisotopic (exact) mass is 200 g/mol. The SMILES string of the molecule is CC(CNC1OC1C)CN(C)C(C)C. The molecule has 1 N–H and O–H groups in total. The fourth-order valence-corrected chi connectivity index (χ4v) is 1.48. The molecule has 3 nitrogen and oxygen atoms in total. The molecule has 84 valence electrons. The Hall–Kier alpha value is -0.120. The number of hydrogen-bond donors (Lipinski definition) is 1. The fourth-order valence-electron chi connectivity index (χ4n) is 1.48. The van der Waals surface area contributed by atoms with Crippen molar-refractivity contribution in [2.75, 3.05) is 20.1 Å². The summed E-state index contributed by atoms with van der Waals surface area (Å²) in [7, 11) is 2.18. The summed E-state index contributed by atoms with van der Waals surface area (Å²) in [5, 5.41) is 3.40. The van der Waals surface area contributed by atoms with Crippen LogP contribution in [-0.2, 0) is 4.74 Å². The van der Waals surface area contributed by atoms with Crippen molar-refractivity contribution >= 4 is 0 Å². The second kappa shape index (κ2) is 5.10. The molecule has 0 aromatic carbocycles. The van der Waals surface area contributed by atoms with E-state index in [1.807, 2.05) is 0 Å². The van der Waals surface area contributed by atoms with Gasteiger partial charge in [-0.1, -0.05) is 6.92 Å². The second-order valence-corrected chi connectivity index (χ2v) is 4.81. The van der Waals surface area contributed by atoms with E-state index < -0.39 is 0 Å². The van der Waals surface area contributed by atoms with Crippen LogP contribution in [0.4, 0.5) is 0 Å². The summed E-state index contributed by atoms with van der Waals surface area (Å²) in [6.45, 7) is 11.0. The lowest BCUT2D eigenvalue weighted by molar-refractivity contribution is 0.229. The van der Waals surface area contributed by atoms with E-state index in [0.717, 1.165) is 13.1 Å². The first-order chi connectivity index (χ1) is 6.50. The zero-order chi connectivity index (χ0) is 10.7. The molecule has 1 fully saturated rings. The third-order valence-corrected chi connectivity index (χ3v) is 2.86. The van der Waals surface area contributed by atoms with Gasteiger partial charge in [0.05, 0.1) is 6.10 Å². The van der Waals surface area contributed by atoms with Crippen LogP contribution in [0, 0.1) is 5.92 Å². The Labute approximate surface area is 87.8 Å². The molecular weight excluding hydrogens is 176 g/mol. The fraction of sp³-hybridized carbons (Fsp3) is 1.00. The van der Waals surface area contributed by atoms with Gasteiger partial charge < -0.3 is 9.64 Å². The Kier molecular flexibility index (Phi) is 4.35. The Morgan fingerprint density at radius 3 is 2.36 bits per heavy atom. The van der Waals surface area contributed by atoms with Crippen LogP contribution < -0.4 is 5.32 Å². The molecule has 1 aliphatic rings. The van der Waals surface area contributed by atoms with Gasteiger partial charge in [-0.3, -0.25) is 5.32 Å². The molecule has 1 aliphatic heterocycles. The largest absolute Gasteiger partial charge is 0.354 e. The topological polar surface area (TPSA) is 27.8 Å². The van der Waals surface area contributed by atoms with Gasteiger partial charge in [-0.05, 0) is 33.7 Å². The standard InChI is InChI=1S/C11H24N2O/c1-8(2)13(5)7-9(3)6-12-11-10(4)14-11/h8-12H,6-7H2,1-5H3. The summed E-state index contributed by atoms with van der Waals surface area (Å²) in [5.74, 6) is 0.679. The van der Waals surface area contributed by atoms with Gasteiger partial charge in [-0.2, -0.15) is 0 Å². The molecule has 1 heterocycles. The molecule has 0 spiro atoms. The predicted molar refractivity (Wildman–Crippen MR) is 59.3 cm³/mol. The molecule has 3 unspecified atom stereocenters.